The number of fused-ring (bicyclic) bond motifs is 13. The van der Waals surface area contributed by atoms with Gasteiger partial charge in [-0.3, -0.25) is 0 Å². The molecule has 0 bridgehead atoms. The normalized spacial score (nSPS) is 13.1. The number of thiophene rings is 1. The maximum absolute atomic E-state index is 2.49. The summed E-state index contributed by atoms with van der Waals surface area (Å²) < 4.78 is 5.09. The van der Waals surface area contributed by atoms with E-state index in [1.54, 1.807) is 0 Å². The molecule has 0 fully saturated rings. The maximum Gasteiger partial charge on any atom is 0.0726 e. The quantitative estimate of drug-likeness (QED) is 0.170. The summed E-state index contributed by atoms with van der Waals surface area (Å²) in [6.07, 6.45) is 0. The molecule has 274 valence electrons. The van der Waals surface area contributed by atoms with Crippen molar-refractivity contribution >= 4 is 81.1 Å². The first-order valence-electron chi connectivity index (χ1n) is 20.1. The molecule has 11 aromatic rings. The van der Waals surface area contributed by atoms with Crippen LogP contribution >= 0.6 is 11.3 Å². The van der Waals surface area contributed by atoms with Gasteiger partial charge in [0.1, 0.15) is 0 Å². The molecule has 0 atom stereocenters. The minimum absolute atomic E-state index is 0.111. The molecule has 3 heteroatoms. The predicted octanol–water partition coefficient (Wildman–Crippen LogP) is 15.7. The van der Waals surface area contributed by atoms with Gasteiger partial charge in [0.2, 0.25) is 0 Å². The number of para-hydroxylation sites is 2. The van der Waals surface area contributed by atoms with Gasteiger partial charge < -0.3 is 9.47 Å². The summed E-state index contributed by atoms with van der Waals surface area (Å²) in [5, 5.41) is 7.77. The molecule has 58 heavy (non-hydrogen) atoms. The second-order valence-electron chi connectivity index (χ2n) is 16.1. The van der Waals surface area contributed by atoms with Crippen LogP contribution in [0.2, 0.25) is 0 Å². The van der Waals surface area contributed by atoms with E-state index in [0.717, 1.165) is 17.1 Å². The van der Waals surface area contributed by atoms with E-state index in [9.17, 15) is 0 Å². The Morgan fingerprint density at radius 1 is 0.448 bits per heavy atom. The smallest absolute Gasteiger partial charge is 0.0726 e. The average Bonchev–Trinajstić information content (AvgIpc) is 3.91. The van der Waals surface area contributed by atoms with E-state index in [1.807, 2.05) is 11.3 Å². The van der Waals surface area contributed by atoms with E-state index in [4.69, 9.17) is 0 Å². The second kappa shape index (κ2) is 12.5. The van der Waals surface area contributed by atoms with Gasteiger partial charge in [-0.1, -0.05) is 147 Å². The van der Waals surface area contributed by atoms with Gasteiger partial charge in [-0.25, -0.2) is 0 Å². The Morgan fingerprint density at radius 2 is 1.03 bits per heavy atom. The highest BCUT2D eigenvalue weighted by molar-refractivity contribution is 7.27. The first-order valence-corrected chi connectivity index (χ1v) is 20.9. The van der Waals surface area contributed by atoms with E-state index in [2.05, 4.69) is 217 Å². The van der Waals surface area contributed by atoms with Gasteiger partial charge >= 0.3 is 0 Å². The summed E-state index contributed by atoms with van der Waals surface area (Å²) in [4.78, 5) is 2.46. The molecule has 2 aromatic heterocycles. The SMILES string of the molecule is CC1(C)c2ccccc2-c2ccc(N(c3ccc(-c4ccccc4)cc3)c3ccc4sc5c(c4c3)c3ccccc3c3c4ccccc4n(-c4ccccc4)c53)cc21. The highest BCUT2D eigenvalue weighted by atomic mass is 32.1. The summed E-state index contributed by atoms with van der Waals surface area (Å²) in [6.45, 7) is 4.73. The van der Waals surface area contributed by atoms with Crippen LogP contribution in [-0.4, -0.2) is 4.57 Å². The van der Waals surface area contributed by atoms with E-state index in [0.29, 0.717) is 0 Å². The van der Waals surface area contributed by atoms with Gasteiger partial charge in [0.25, 0.3) is 0 Å². The second-order valence-corrected chi connectivity index (χ2v) is 17.1. The van der Waals surface area contributed by atoms with Crippen LogP contribution in [0.4, 0.5) is 17.1 Å². The molecular formula is C55H38N2S. The van der Waals surface area contributed by atoms with E-state index >= 15 is 0 Å². The Balaban J connectivity index is 1.13. The van der Waals surface area contributed by atoms with Gasteiger partial charge in [0.05, 0.1) is 15.7 Å². The van der Waals surface area contributed by atoms with Crippen molar-refractivity contribution in [2.45, 2.75) is 19.3 Å². The van der Waals surface area contributed by atoms with Gasteiger partial charge in [-0.05, 0) is 105 Å². The lowest BCUT2D eigenvalue weighted by atomic mass is 9.82. The largest absolute Gasteiger partial charge is 0.310 e. The van der Waals surface area contributed by atoms with Gasteiger partial charge in [-0.2, -0.15) is 0 Å². The van der Waals surface area contributed by atoms with E-state index < -0.39 is 0 Å². The first kappa shape index (κ1) is 33.2. The van der Waals surface area contributed by atoms with Crippen molar-refractivity contribution in [1.82, 2.24) is 4.57 Å². The molecule has 0 aliphatic heterocycles. The maximum atomic E-state index is 2.49. The lowest BCUT2D eigenvalue weighted by molar-refractivity contribution is 0.660. The van der Waals surface area contributed by atoms with Crippen LogP contribution in [0.25, 0.3) is 80.7 Å². The average molecular weight is 759 g/mol. The van der Waals surface area contributed by atoms with Gasteiger partial charge in [-0.15, -0.1) is 11.3 Å². The number of benzene rings is 9. The lowest BCUT2D eigenvalue weighted by Crippen LogP contribution is -2.16. The predicted molar refractivity (Wildman–Crippen MR) is 249 cm³/mol. The summed E-state index contributed by atoms with van der Waals surface area (Å²) >= 11 is 1.91. The number of hydrogen-bond acceptors (Lipinski definition) is 2. The molecular weight excluding hydrogens is 721 g/mol. The standard InChI is InChI=1S/C55H38N2S/c1-55(2)47-23-13-11-19-41(47)42-31-29-40(34-48(42)55)56(38-27-25-36(26-28-38)35-15-5-3-6-16-35)39-30-32-50-46(33-39)52-44-21-10-9-20-43(44)51-45-22-12-14-24-49(45)57(53(51)54(52)58-50)37-17-7-4-8-18-37/h3-34H,1-2H3. The molecule has 0 spiro atoms. The molecule has 0 N–H and O–H groups in total. The first-order chi connectivity index (χ1) is 28.5. The van der Waals surface area contributed by atoms with Gasteiger partial charge in [0, 0.05) is 54.4 Å². The fourth-order valence-electron chi connectivity index (χ4n) is 9.86. The van der Waals surface area contributed by atoms with Crippen LogP contribution in [-0.2, 0) is 5.41 Å². The molecule has 0 saturated heterocycles. The van der Waals surface area contributed by atoms with Crippen molar-refractivity contribution in [2.75, 3.05) is 4.90 Å². The molecule has 0 unspecified atom stereocenters. The number of rotatable bonds is 5. The highest BCUT2D eigenvalue weighted by Gasteiger charge is 2.36. The number of hydrogen-bond donors (Lipinski definition) is 0. The molecule has 0 radical (unpaired) electrons. The summed E-state index contributed by atoms with van der Waals surface area (Å²) in [6, 6.07) is 71.6. The third-order valence-corrected chi connectivity index (χ3v) is 13.7. The Labute approximate surface area is 341 Å². The molecule has 1 aliphatic rings. The number of anilines is 3. The summed E-state index contributed by atoms with van der Waals surface area (Å²) in [5.41, 5.74) is 14.8. The molecule has 2 heterocycles. The molecule has 12 rings (SSSR count). The van der Waals surface area contributed by atoms with Crippen molar-refractivity contribution in [2.24, 2.45) is 0 Å². The highest BCUT2D eigenvalue weighted by Crippen LogP contribution is 2.52. The fourth-order valence-corrected chi connectivity index (χ4v) is 11.1. The van der Waals surface area contributed by atoms with E-state index in [1.165, 1.54) is 91.8 Å². The van der Waals surface area contributed by atoms with Crippen LogP contribution in [0.1, 0.15) is 25.0 Å². The topological polar surface area (TPSA) is 8.17 Å². The van der Waals surface area contributed by atoms with Crippen molar-refractivity contribution in [3.05, 3.63) is 205 Å². The minimum atomic E-state index is -0.111. The minimum Gasteiger partial charge on any atom is -0.310 e. The zero-order chi connectivity index (χ0) is 38.5. The van der Waals surface area contributed by atoms with Crippen LogP contribution < -0.4 is 4.90 Å². The van der Waals surface area contributed by atoms with Crippen molar-refractivity contribution in [3.63, 3.8) is 0 Å². The molecule has 2 nitrogen and oxygen atoms in total. The van der Waals surface area contributed by atoms with Crippen LogP contribution in [0.3, 0.4) is 0 Å². The summed E-state index contributed by atoms with van der Waals surface area (Å²) in [5.74, 6) is 0. The monoisotopic (exact) mass is 758 g/mol. The zero-order valence-electron chi connectivity index (χ0n) is 32.3. The zero-order valence-corrected chi connectivity index (χ0v) is 33.1. The fraction of sp³-hybridized carbons (Fsp3) is 0.0545. The van der Waals surface area contributed by atoms with Crippen molar-refractivity contribution < 1.29 is 0 Å². The van der Waals surface area contributed by atoms with E-state index in [-0.39, 0.29) is 5.41 Å². The Bertz CT molecular complexity index is 3410. The van der Waals surface area contributed by atoms with Crippen molar-refractivity contribution in [1.29, 1.82) is 0 Å². The Kier molecular flexibility index (Phi) is 7.18. The lowest BCUT2D eigenvalue weighted by Gasteiger charge is -2.28. The van der Waals surface area contributed by atoms with Gasteiger partial charge in [0.15, 0.2) is 0 Å². The summed E-state index contributed by atoms with van der Waals surface area (Å²) in [7, 11) is 0. The van der Waals surface area contributed by atoms with Crippen LogP contribution in [0, 0.1) is 0 Å². The molecule has 0 saturated carbocycles. The Morgan fingerprint density at radius 3 is 1.83 bits per heavy atom. The van der Waals surface area contributed by atoms with Crippen molar-refractivity contribution in [3.8, 4) is 27.9 Å². The Hall–Kier alpha value is -6.94. The molecule has 1 aliphatic carbocycles. The van der Waals surface area contributed by atoms with Crippen LogP contribution in [0.15, 0.2) is 194 Å². The molecule has 9 aromatic carbocycles. The molecule has 0 amide bonds. The number of nitrogens with zero attached hydrogens (tertiary/aromatic N) is 2. The third-order valence-electron chi connectivity index (χ3n) is 12.6. The number of aromatic nitrogens is 1. The van der Waals surface area contributed by atoms with Crippen LogP contribution in [0.5, 0.6) is 0 Å². The third kappa shape index (κ3) is 4.77.